The van der Waals surface area contributed by atoms with Gasteiger partial charge in [-0.3, -0.25) is 4.79 Å². The van der Waals surface area contributed by atoms with Crippen molar-refractivity contribution in [3.8, 4) is 5.75 Å². The molecule has 0 atom stereocenters. The van der Waals surface area contributed by atoms with Crippen molar-refractivity contribution in [3.05, 3.63) is 45.4 Å². The molecule has 0 aliphatic carbocycles. The van der Waals surface area contributed by atoms with Crippen LogP contribution in [0.1, 0.15) is 28.1 Å². The maximum absolute atomic E-state index is 10.7. The number of rotatable bonds is 9. The molecule has 0 bridgehead atoms. The van der Waals surface area contributed by atoms with Gasteiger partial charge in [0, 0.05) is 18.0 Å². The molecule has 7 nitrogen and oxygen atoms in total. The van der Waals surface area contributed by atoms with Gasteiger partial charge in [0.2, 0.25) is 0 Å². The topological polar surface area (TPSA) is 102 Å². The number of hydrogen-bond donors (Lipinski definition) is 3. The molecule has 154 valence electrons. The number of ether oxygens (including phenoxy) is 1. The van der Waals surface area contributed by atoms with Gasteiger partial charge in [-0.25, -0.2) is 9.98 Å². The molecule has 2 rings (SSSR count). The molecule has 0 saturated heterocycles. The second-order valence-electron chi connectivity index (χ2n) is 6.01. The van der Waals surface area contributed by atoms with Crippen LogP contribution in [0.2, 0.25) is 0 Å². The van der Waals surface area contributed by atoms with Gasteiger partial charge in [0.1, 0.15) is 5.75 Å². The second kappa shape index (κ2) is 12.6. The monoisotopic (exact) mass is 517 g/mol. The van der Waals surface area contributed by atoms with E-state index in [0.717, 1.165) is 36.2 Å². The van der Waals surface area contributed by atoms with E-state index in [-0.39, 0.29) is 30.6 Å². The number of hydrogen-bond acceptors (Lipinski definition) is 5. The van der Waals surface area contributed by atoms with E-state index in [1.54, 1.807) is 11.3 Å². The zero-order chi connectivity index (χ0) is 19.6. The molecule has 0 aliphatic heterocycles. The van der Waals surface area contributed by atoms with Crippen molar-refractivity contribution in [1.29, 1.82) is 0 Å². The van der Waals surface area contributed by atoms with E-state index in [0.29, 0.717) is 12.3 Å². The molecule has 0 unspecified atom stereocenters. The molecule has 1 aromatic heterocycles. The standard InChI is InChI=1S/C19H27N5O2S.HI/c1-4-21-19(23-11-17-13(2)24-14(3)27-17)22-10-9-15-5-7-16(8-6-15)26-12-18(20)25;/h5-8H,4,9-12H2,1-3H3,(H2,20,25)(H2,21,22,23);1H. The van der Waals surface area contributed by atoms with Crippen LogP contribution in [0, 0.1) is 13.8 Å². The molecule has 0 saturated carbocycles. The number of benzene rings is 1. The fraction of sp³-hybridized carbons (Fsp3) is 0.421. The molecule has 1 aromatic carbocycles. The molecule has 0 fully saturated rings. The van der Waals surface area contributed by atoms with Crippen LogP contribution in [0.3, 0.4) is 0 Å². The SMILES string of the molecule is CCNC(=NCc1sc(C)nc1C)NCCc1ccc(OCC(N)=O)cc1.I. The highest BCUT2D eigenvalue weighted by atomic mass is 127. The fourth-order valence-corrected chi connectivity index (χ4v) is 3.31. The molecule has 4 N–H and O–H groups in total. The highest BCUT2D eigenvalue weighted by Gasteiger charge is 2.05. The first-order chi connectivity index (χ1) is 13.0. The largest absolute Gasteiger partial charge is 0.484 e. The van der Waals surface area contributed by atoms with Gasteiger partial charge in [-0.1, -0.05) is 12.1 Å². The maximum Gasteiger partial charge on any atom is 0.255 e. The number of aromatic nitrogens is 1. The summed E-state index contributed by atoms with van der Waals surface area (Å²) in [5.41, 5.74) is 7.28. The van der Waals surface area contributed by atoms with Gasteiger partial charge in [-0.15, -0.1) is 35.3 Å². The number of guanidine groups is 1. The third-order valence-corrected chi connectivity index (χ3v) is 4.79. The minimum absolute atomic E-state index is 0. The molecular formula is C19H28IN5O2S. The zero-order valence-electron chi connectivity index (χ0n) is 16.4. The third kappa shape index (κ3) is 8.42. The minimum Gasteiger partial charge on any atom is -0.484 e. The van der Waals surface area contributed by atoms with Crippen LogP contribution < -0.4 is 21.1 Å². The Morgan fingerprint density at radius 1 is 1.25 bits per heavy atom. The Morgan fingerprint density at radius 3 is 2.54 bits per heavy atom. The van der Waals surface area contributed by atoms with Gasteiger partial charge in [0.25, 0.3) is 5.91 Å². The first kappa shape index (κ1) is 24.2. The summed E-state index contributed by atoms with van der Waals surface area (Å²) in [6.45, 7) is 8.15. The minimum atomic E-state index is -0.484. The summed E-state index contributed by atoms with van der Waals surface area (Å²) in [7, 11) is 0. The highest BCUT2D eigenvalue weighted by Crippen LogP contribution is 2.17. The Morgan fingerprint density at radius 2 is 1.96 bits per heavy atom. The van der Waals surface area contributed by atoms with Gasteiger partial charge in [0.05, 0.1) is 17.2 Å². The molecular weight excluding hydrogens is 489 g/mol. The van der Waals surface area contributed by atoms with Gasteiger partial charge >= 0.3 is 0 Å². The highest BCUT2D eigenvalue weighted by molar-refractivity contribution is 14.0. The Kier molecular flexibility index (Phi) is 10.8. The summed E-state index contributed by atoms with van der Waals surface area (Å²) >= 11 is 1.69. The first-order valence-corrected chi connectivity index (χ1v) is 9.74. The maximum atomic E-state index is 10.7. The second-order valence-corrected chi connectivity index (χ2v) is 7.30. The van der Waals surface area contributed by atoms with Crippen molar-refractivity contribution < 1.29 is 9.53 Å². The zero-order valence-corrected chi connectivity index (χ0v) is 19.6. The van der Waals surface area contributed by atoms with Crippen LogP contribution >= 0.6 is 35.3 Å². The fourth-order valence-electron chi connectivity index (χ4n) is 2.44. The van der Waals surface area contributed by atoms with E-state index in [9.17, 15) is 4.79 Å². The van der Waals surface area contributed by atoms with E-state index < -0.39 is 5.91 Å². The van der Waals surface area contributed by atoms with Crippen LogP contribution in [0.4, 0.5) is 0 Å². The number of nitrogens with two attached hydrogens (primary N) is 1. The normalized spacial score (nSPS) is 10.9. The number of thiazole rings is 1. The number of aryl methyl sites for hydroxylation is 2. The lowest BCUT2D eigenvalue weighted by atomic mass is 10.1. The number of halogens is 1. The van der Waals surface area contributed by atoms with E-state index >= 15 is 0 Å². The predicted molar refractivity (Wildman–Crippen MR) is 125 cm³/mol. The van der Waals surface area contributed by atoms with Crippen molar-refractivity contribution in [2.75, 3.05) is 19.7 Å². The number of carbonyl (C=O) groups is 1. The summed E-state index contributed by atoms with van der Waals surface area (Å²) in [5, 5.41) is 7.68. The lowest BCUT2D eigenvalue weighted by Crippen LogP contribution is -2.38. The number of nitrogens with zero attached hydrogens (tertiary/aromatic N) is 2. The average Bonchev–Trinajstić information content (AvgIpc) is 2.96. The first-order valence-electron chi connectivity index (χ1n) is 8.93. The Hall–Kier alpha value is -1.88. The number of nitrogens with one attached hydrogen (secondary N) is 2. The molecule has 0 radical (unpaired) electrons. The molecule has 0 spiro atoms. The van der Waals surface area contributed by atoms with Crippen LogP contribution in [-0.2, 0) is 17.8 Å². The Labute approximate surface area is 187 Å². The van der Waals surface area contributed by atoms with Crippen LogP contribution in [0.5, 0.6) is 5.75 Å². The Bertz CT molecular complexity index is 777. The molecule has 9 heteroatoms. The van der Waals surface area contributed by atoms with Crippen LogP contribution in [0.15, 0.2) is 29.3 Å². The summed E-state index contributed by atoms with van der Waals surface area (Å²) < 4.78 is 5.26. The van der Waals surface area contributed by atoms with E-state index in [1.165, 1.54) is 10.4 Å². The summed E-state index contributed by atoms with van der Waals surface area (Å²) in [4.78, 5) is 21.0. The predicted octanol–water partition coefficient (Wildman–Crippen LogP) is 2.54. The van der Waals surface area contributed by atoms with E-state index in [4.69, 9.17) is 10.5 Å². The summed E-state index contributed by atoms with van der Waals surface area (Å²) in [6, 6.07) is 7.63. The molecule has 1 amide bonds. The van der Waals surface area contributed by atoms with Gasteiger partial charge in [0.15, 0.2) is 12.6 Å². The van der Waals surface area contributed by atoms with Crippen molar-refractivity contribution in [1.82, 2.24) is 15.6 Å². The number of carbonyl (C=O) groups excluding carboxylic acids is 1. The average molecular weight is 517 g/mol. The molecule has 1 heterocycles. The van der Waals surface area contributed by atoms with E-state index in [1.807, 2.05) is 45.0 Å². The Balaban J connectivity index is 0.00000392. The van der Waals surface area contributed by atoms with E-state index in [2.05, 4.69) is 20.6 Å². The summed E-state index contributed by atoms with van der Waals surface area (Å²) in [5.74, 6) is 0.946. The van der Waals surface area contributed by atoms with Crippen molar-refractivity contribution in [2.24, 2.45) is 10.7 Å². The van der Waals surface area contributed by atoms with Gasteiger partial charge in [-0.05, 0) is 44.9 Å². The lowest BCUT2D eigenvalue weighted by molar-refractivity contribution is -0.119. The number of amides is 1. The van der Waals surface area contributed by atoms with Crippen molar-refractivity contribution in [2.45, 2.75) is 33.7 Å². The number of primary amides is 1. The smallest absolute Gasteiger partial charge is 0.255 e. The van der Waals surface area contributed by atoms with Gasteiger partial charge < -0.3 is 21.1 Å². The molecule has 2 aromatic rings. The van der Waals surface area contributed by atoms with Crippen LogP contribution in [-0.4, -0.2) is 36.5 Å². The number of aliphatic imine (C=N–C) groups is 1. The van der Waals surface area contributed by atoms with Crippen LogP contribution in [0.25, 0.3) is 0 Å². The van der Waals surface area contributed by atoms with Crippen molar-refractivity contribution >= 4 is 47.2 Å². The van der Waals surface area contributed by atoms with Crippen molar-refractivity contribution in [3.63, 3.8) is 0 Å². The summed E-state index contributed by atoms with van der Waals surface area (Å²) in [6.07, 6.45) is 0.846. The quantitative estimate of drug-likeness (QED) is 0.270. The lowest BCUT2D eigenvalue weighted by Gasteiger charge is -2.11. The third-order valence-electron chi connectivity index (χ3n) is 3.74. The molecule has 0 aliphatic rings. The van der Waals surface area contributed by atoms with Gasteiger partial charge in [-0.2, -0.15) is 0 Å². The molecule has 28 heavy (non-hydrogen) atoms.